The Kier molecular flexibility index (Phi) is 3.74. The Balaban J connectivity index is 2.42. The van der Waals surface area contributed by atoms with E-state index in [2.05, 4.69) is 4.98 Å². The first-order chi connectivity index (χ1) is 9.51. The number of hydrogen-bond acceptors (Lipinski definition) is 5. The maximum Gasteiger partial charge on any atom is 0.254 e. The molecule has 6 heteroatoms. The van der Waals surface area contributed by atoms with Crippen molar-refractivity contribution in [1.82, 2.24) is 4.98 Å². The summed E-state index contributed by atoms with van der Waals surface area (Å²) in [6, 6.07) is 6.83. The van der Waals surface area contributed by atoms with Gasteiger partial charge in [0.15, 0.2) is 11.5 Å². The van der Waals surface area contributed by atoms with Crippen LogP contribution >= 0.6 is 0 Å². The molecule has 4 N–H and O–H groups in total. The lowest BCUT2D eigenvalue weighted by Gasteiger charge is -2.12. The van der Waals surface area contributed by atoms with Gasteiger partial charge in [0.1, 0.15) is 5.56 Å². The van der Waals surface area contributed by atoms with Gasteiger partial charge in [-0.15, -0.1) is 0 Å². The standard InChI is InChI=1S/C14H15N3O3/c1-8-3-4-11(12(5-8)19-2)20-14-10(13(16)18)6-9(15)7-17-14/h3-7H,15H2,1-2H3,(H2,16,18). The predicted octanol–water partition coefficient (Wildman–Crippen LogP) is 1.87. The van der Waals surface area contributed by atoms with Gasteiger partial charge in [0.25, 0.3) is 5.91 Å². The van der Waals surface area contributed by atoms with Crippen molar-refractivity contribution in [2.75, 3.05) is 12.8 Å². The van der Waals surface area contributed by atoms with Crippen LogP contribution in [0.1, 0.15) is 15.9 Å². The van der Waals surface area contributed by atoms with E-state index in [1.807, 2.05) is 19.1 Å². The van der Waals surface area contributed by atoms with Gasteiger partial charge < -0.3 is 20.9 Å². The molecule has 0 spiro atoms. The normalized spacial score (nSPS) is 10.1. The number of aryl methyl sites for hydroxylation is 1. The molecule has 0 saturated carbocycles. The minimum absolute atomic E-state index is 0.0915. The number of nitrogens with zero attached hydrogens (tertiary/aromatic N) is 1. The molecule has 0 bridgehead atoms. The average Bonchev–Trinajstić information content (AvgIpc) is 2.42. The molecule has 1 amide bonds. The molecule has 0 unspecified atom stereocenters. The monoisotopic (exact) mass is 273 g/mol. The molecule has 0 aliphatic carbocycles. The lowest BCUT2D eigenvalue weighted by molar-refractivity contribution is 0.0997. The number of nitrogens with two attached hydrogens (primary N) is 2. The molecule has 0 fully saturated rings. The second kappa shape index (κ2) is 5.48. The molecule has 2 aromatic rings. The summed E-state index contributed by atoms with van der Waals surface area (Å²) in [5.41, 5.74) is 12.3. The van der Waals surface area contributed by atoms with Crippen molar-refractivity contribution in [3.05, 3.63) is 41.6 Å². The molecule has 1 heterocycles. The van der Waals surface area contributed by atoms with Gasteiger partial charge >= 0.3 is 0 Å². The molecule has 20 heavy (non-hydrogen) atoms. The SMILES string of the molecule is COc1cc(C)ccc1Oc1ncc(N)cc1C(N)=O. The number of primary amides is 1. The molecule has 0 aliphatic heterocycles. The Hall–Kier alpha value is -2.76. The molecule has 6 nitrogen and oxygen atoms in total. The molecule has 104 valence electrons. The molecule has 0 radical (unpaired) electrons. The van der Waals surface area contributed by atoms with E-state index in [4.69, 9.17) is 20.9 Å². The average molecular weight is 273 g/mol. The topological polar surface area (TPSA) is 100 Å². The number of benzene rings is 1. The van der Waals surface area contributed by atoms with E-state index in [0.29, 0.717) is 17.2 Å². The third-order valence-electron chi connectivity index (χ3n) is 2.66. The number of ether oxygens (including phenoxy) is 2. The third kappa shape index (κ3) is 2.80. The lowest BCUT2D eigenvalue weighted by atomic mass is 10.2. The molecule has 0 atom stereocenters. The number of amides is 1. The number of carbonyl (C=O) groups excluding carboxylic acids is 1. The fourth-order valence-corrected chi connectivity index (χ4v) is 1.69. The number of nitrogen functional groups attached to an aromatic ring is 1. The number of anilines is 1. The largest absolute Gasteiger partial charge is 0.493 e. The lowest BCUT2D eigenvalue weighted by Crippen LogP contribution is -2.13. The number of aromatic nitrogens is 1. The first-order valence-corrected chi connectivity index (χ1v) is 5.89. The highest BCUT2D eigenvalue weighted by atomic mass is 16.5. The van der Waals surface area contributed by atoms with E-state index >= 15 is 0 Å². The molecule has 0 saturated heterocycles. The van der Waals surface area contributed by atoms with Crippen LogP contribution in [0.5, 0.6) is 17.4 Å². The van der Waals surface area contributed by atoms with Crippen molar-refractivity contribution in [2.45, 2.75) is 6.92 Å². The van der Waals surface area contributed by atoms with Crippen LogP contribution in [0.15, 0.2) is 30.5 Å². The zero-order chi connectivity index (χ0) is 14.7. The van der Waals surface area contributed by atoms with Gasteiger partial charge in [-0.3, -0.25) is 4.79 Å². The van der Waals surface area contributed by atoms with Crippen LogP contribution in [0.4, 0.5) is 5.69 Å². The fourth-order valence-electron chi connectivity index (χ4n) is 1.69. The van der Waals surface area contributed by atoms with Crippen LogP contribution in [0, 0.1) is 6.92 Å². The van der Waals surface area contributed by atoms with Gasteiger partial charge in [0.05, 0.1) is 19.0 Å². The predicted molar refractivity (Wildman–Crippen MR) is 75.0 cm³/mol. The Morgan fingerprint density at radius 2 is 2.00 bits per heavy atom. The number of rotatable bonds is 4. The van der Waals surface area contributed by atoms with Gasteiger partial charge in [-0.2, -0.15) is 0 Å². The van der Waals surface area contributed by atoms with E-state index in [1.165, 1.54) is 19.4 Å². The summed E-state index contributed by atoms with van der Waals surface area (Å²) in [4.78, 5) is 15.4. The summed E-state index contributed by atoms with van der Waals surface area (Å²) in [7, 11) is 1.53. The Labute approximate surface area is 116 Å². The second-order valence-electron chi connectivity index (χ2n) is 4.24. The minimum Gasteiger partial charge on any atom is -0.493 e. The third-order valence-corrected chi connectivity index (χ3v) is 2.66. The van der Waals surface area contributed by atoms with Crippen LogP contribution in [-0.2, 0) is 0 Å². The molecule has 1 aromatic carbocycles. The zero-order valence-corrected chi connectivity index (χ0v) is 11.2. The highest BCUT2D eigenvalue weighted by molar-refractivity contribution is 5.95. The van der Waals surface area contributed by atoms with Crippen molar-refractivity contribution < 1.29 is 14.3 Å². The quantitative estimate of drug-likeness (QED) is 0.885. The van der Waals surface area contributed by atoms with E-state index in [1.54, 1.807) is 6.07 Å². The van der Waals surface area contributed by atoms with Crippen LogP contribution in [0.25, 0.3) is 0 Å². The van der Waals surface area contributed by atoms with E-state index in [-0.39, 0.29) is 11.4 Å². The minimum atomic E-state index is -0.661. The smallest absolute Gasteiger partial charge is 0.254 e. The number of methoxy groups -OCH3 is 1. The number of carbonyl (C=O) groups is 1. The van der Waals surface area contributed by atoms with Gasteiger partial charge in [-0.1, -0.05) is 6.07 Å². The van der Waals surface area contributed by atoms with Crippen molar-refractivity contribution in [2.24, 2.45) is 5.73 Å². The van der Waals surface area contributed by atoms with Crippen molar-refractivity contribution in [3.63, 3.8) is 0 Å². The summed E-state index contributed by atoms with van der Waals surface area (Å²) in [5.74, 6) is 0.414. The Morgan fingerprint density at radius 1 is 1.25 bits per heavy atom. The molecular weight excluding hydrogens is 258 g/mol. The maximum atomic E-state index is 11.4. The maximum absolute atomic E-state index is 11.4. The fraction of sp³-hybridized carbons (Fsp3) is 0.143. The molecular formula is C14H15N3O3. The van der Waals surface area contributed by atoms with Crippen molar-refractivity contribution in [3.8, 4) is 17.4 Å². The zero-order valence-electron chi connectivity index (χ0n) is 11.2. The second-order valence-corrected chi connectivity index (χ2v) is 4.24. The summed E-state index contributed by atoms with van der Waals surface area (Å²) >= 11 is 0. The van der Waals surface area contributed by atoms with Gasteiger partial charge in [0.2, 0.25) is 5.88 Å². The highest BCUT2D eigenvalue weighted by Crippen LogP contribution is 2.33. The Bertz CT molecular complexity index is 656. The van der Waals surface area contributed by atoms with Crippen LogP contribution in [-0.4, -0.2) is 18.0 Å². The van der Waals surface area contributed by atoms with Gasteiger partial charge in [0, 0.05) is 0 Å². The molecule has 0 aliphatic rings. The summed E-state index contributed by atoms with van der Waals surface area (Å²) < 4.78 is 10.8. The first kappa shape index (κ1) is 13.7. The van der Waals surface area contributed by atoms with Crippen molar-refractivity contribution >= 4 is 11.6 Å². The van der Waals surface area contributed by atoms with Gasteiger partial charge in [-0.05, 0) is 30.7 Å². The molecule has 1 aromatic heterocycles. The summed E-state index contributed by atoms with van der Waals surface area (Å²) in [6.45, 7) is 1.93. The van der Waals surface area contributed by atoms with Crippen LogP contribution in [0.3, 0.4) is 0 Å². The molecule has 2 rings (SSSR count). The van der Waals surface area contributed by atoms with Gasteiger partial charge in [-0.25, -0.2) is 4.98 Å². The van der Waals surface area contributed by atoms with Crippen LogP contribution < -0.4 is 20.9 Å². The van der Waals surface area contributed by atoms with E-state index < -0.39 is 5.91 Å². The number of pyridine rings is 1. The van der Waals surface area contributed by atoms with E-state index in [0.717, 1.165) is 5.56 Å². The summed E-state index contributed by atoms with van der Waals surface area (Å²) in [5, 5.41) is 0. The first-order valence-electron chi connectivity index (χ1n) is 5.89. The Morgan fingerprint density at radius 3 is 2.65 bits per heavy atom. The van der Waals surface area contributed by atoms with Crippen LogP contribution in [0.2, 0.25) is 0 Å². The van der Waals surface area contributed by atoms with Crippen molar-refractivity contribution in [1.29, 1.82) is 0 Å². The highest BCUT2D eigenvalue weighted by Gasteiger charge is 2.14. The van der Waals surface area contributed by atoms with E-state index in [9.17, 15) is 4.79 Å². The summed E-state index contributed by atoms with van der Waals surface area (Å²) in [6.07, 6.45) is 1.39. The number of hydrogen-bond donors (Lipinski definition) is 2.